The Hall–Kier alpha value is -2.83. The predicted octanol–water partition coefficient (Wildman–Crippen LogP) is 1.05. The fourth-order valence-corrected chi connectivity index (χ4v) is 2.57. The Bertz CT molecular complexity index is 668. The summed E-state index contributed by atoms with van der Waals surface area (Å²) in [6, 6.07) is 7.34. The van der Waals surface area contributed by atoms with Crippen molar-refractivity contribution in [1.29, 1.82) is 0 Å². The minimum Gasteiger partial charge on any atom is -0.434 e. The molecule has 0 spiro atoms. The monoisotopic (exact) mass is 315 g/mol. The van der Waals surface area contributed by atoms with Gasteiger partial charge in [-0.1, -0.05) is 0 Å². The number of amides is 2. The SMILES string of the molecule is CNC(=O)C1CN(c2ccc(N3C=CC(=O)CC3)cc2)C(=O)O1. The van der Waals surface area contributed by atoms with Crippen LogP contribution in [-0.2, 0) is 14.3 Å². The number of ether oxygens (including phenoxy) is 1. The van der Waals surface area contributed by atoms with Gasteiger partial charge in [-0.25, -0.2) is 4.79 Å². The first kappa shape index (κ1) is 15.1. The smallest absolute Gasteiger partial charge is 0.415 e. The lowest BCUT2D eigenvalue weighted by Crippen LogP contribution is -2.35. The van der Waals surface area contributed by atoms with E-state index in [1.165, 1.54) is 11.9 Å². The summed E-state index contributed by atoms with van der Waals surface area (Å²) in [6.07, 6.45) is 2.48. The van der Waals surface area contributed by atoms with E-state index < -0.39 is 12.2 Å². The zero-order valence-electron chi connectivity index (χ0n) is 12.7. The first-order valence-corrected chi connectivity index (χ1v) is 7.36. The van der Waals surface area contributed by atoms with E-state index in [4.69, 9.17) is 4.74 Å². The number of cyclic esters (lactones) is 1. The molecular weight excluding hydrogens is 298 g/mol. The van der Waals surface area contributed by atoms with Crippen LogP contribution in [0.1, 0.15) is 6.42 Å². The van der Waals surface area contributed by atoms with E-state index in [1.54, 1.807) is 24.4 Å². The number of benzene rings is 1. The molecule has 1 aromatic rings. The standard InChI is InChI=1S/C16H17N3O4/c1-17-15(21)14-10-19(16(22)23-14)12-4-2-11(3-5-12)18-8-6-13(20)7-9-18/h2-6,8,14H,7,9-10H2,1H3,(H,17,21). The Labute approximate surface area is 133 Å². The lowest BCUT2D eigenvalue weighted by Gasteiger charge is -2.23. The lowest BCUT2D eigenvalue weighted by atomic mass is 10.1. The number of rotatable bonds is 3. The Balaban J connectivity index is 1.72. The van der Waals surface area contributed by atoms with E-state index in [1.807, 2.05) is 17.0 Å². The second-order valence-corrected chi connectivity index (χ2v) is 5.34. The molecule has 1 atom stereocenters. The van der Waals surface area contributed by atoms with Crippen molar-refractivity contribution < 1.29 is 19.1 Å². The topological polar surface area (TPSA) is 79.0 Å². The average Bonchev–Trinajstić information content (AvgIpc) is 2.97. The molecule has 0 aliphatic carbocycles. The van der Waals surface area contributed by atoms with Crippen molar-refractivity contribution in [2.45, 2.75) is 12.5 Å². The molecule has 2 amide bonds. The van der Waals surface area contributed by atoms with E-state index in [2.05, 4.69) is 5.32 Å². The minimum absolute atomic E-state index is 0.123. The van der Waals surface area contributed by atoms with Crippen LogP contribution in [-0.4, -0.2) is 44.0 Å². The van der Waals surface area contributed by atoms with Gasteiger partial charge in [0.25, 0.3) is 5.91 Å². The average molecular weight is 315 g/mol. The Kier molecular flexibility index (Phi) is 4.01. The zero-order chi connectivity index (χ0) is 16.4. The largest absolute Gasteiger partial charge is 0.434 e. The molecule has 1 saturated heterocycles. The number of likely N-dealkylation sites (N-methyl/N-ethyl adjacent to an activating group) is 1. The molecule has 2 aliphatic rings. The summed E-state index contributed by atoms with van der Waals surface area (Å²) < 4.78 is 5.06. The molecule has 1 unspecified atom stereocenters. The van der Waals surface area contributed by atoms with E-state index in [0.29, 0.717) is 18.7 Å². The molecule has 1 N–H and O–H groups in total. The van der Waals surface area contributed by atoms with Crippen molar-refractivity contribution in [3.8, 4) is 0 Å². The highest BCUT2D eigenvalue weighted by Gasteiger charge is 2.36. The summed E-state index contributed by atoms with van der Waals surface area (Å²) in [5.41, 5.74) is 1.61. The first-order valence-electron chi connectivity index (χ1n) is 7.36. The molecule has 0 radical (unpaired) electrons. The lowest BCUT2D eigenvalue weighted by molar-refractivity contribution is -0.127. The molecule has 120 valence electrons. The second kappa shape index (κ2) is 6.12. The normalized spacial score (nSPS) is 20.7. The molecule has 2 aliphatic heterocycles. The summed E-state index contributed by atoms with van der Waals surface area (Å²) in [6.45, 7) is 0.829. The van der Waals surface area contributed by atoms with Crippen molar-refractivity contribution >= 4 is 29.2 Å². The highest BCUT2D eigenvalue weighted by atomic mass is 16.6. The molecule has 1 aromatic carbocycles. The summed E-state index contributed by atoms with van der Waals surface area (Å²) in [5, 5.41) is 2.47. The Morgan fingerprint density at radius 3 is 2.52 bits per heavy atom. The molecule has 23 heavy (non-hydrogen) atoms. The van der Waals surface area contributed by atoms with Gasteiger partial charge in [0.1, 0.15) is 0 Å². The first-order chi connectivity index (χ1) is 11.1. The molecule has 0 aromatic heterocycles. The summed E-state index contributed by atoms with van der Waals surface area (Å²) in [4.78, 5) is 38.1. The molecule has 7 heteroatoms. The highest BCUT2D eigenvalue weighted by Crippen LogP contribution is 2.26. The molecule has 0 saturated carbocycles. The Morgan fingerprint density at radius 2 is 1.91 bits per heavy atom. The van der Waals surface area contributed by atoms with E-state index in [0.717, 1.165) is 5.69 Å². The maximum absolute atomic E-state index is 11.9. The van der Waals surface area contributed by atoms with Gasteiger partial charge in [-0.15, -0.1) is 0 Å². The molecule has 7 nitrogen and oxygen atoms in total. The number of anilines is 2. The number of hydrogen-bond acceptors (Lipinski definition) is 5. The van der Waals surface area contributed by atoms with E-state index >= 15 is 0 Å². The zero-order valence-corrected chi connectivity index (χ0v) is 12.7. The third-order valence-electron chi connectivity index (χ3n) is 3.88. The molecule has 3 rings (SSSR count). The molecule has 1 fully saturated rings. The van der Waals surface area contributed by atoms with Crippen LogP contribution in [0.2, 0.25) is 0 Å². The van der Waals surface area contributed by atoms with Gasteiger partial charge in [-0.2, -0.15) is 0 Å². The number of hydrogen-bond donors (Lipinski definition) is 1. The summed E-state index contributed by atoms with van der Waals surface area (Å²) >= 11 is 0. The number of ketones is 1. The second-order valence-electron chi connectivity index (χ2n) is 5.34. The van der Waals surface area contributed by atoms with Crippen LogP contribution < -0.4 is 15.1 Å². The van der Waals surface area contributed by atoms with E-state index in [-0.39, 0.29) is 18.2 Å². The third-order valence-corrected chi connectivity index (χ3v) is 3.88. The molecular formula is C16H17N3O4. The summed E-state index contributed by atoms with van der Waals surface area (Å²) in [5.74, 6) is -0.196. The van der Waals surface area contributed by atoms with Gasteiger partial charge in [0.15, 0.2) is 11.9 Å². The predicted molar refractivity (Wildman–Crippen MR) is 84.2 cm³/mol. The van der Waals surface area contributed by atoms with Gasteiger partial charge in [-0.3, -0.25) is 14.5 Å². The molecule has 2 heterocycles. The number of nitrogens with one attached hydrogen (secondary N) is 1. The van der Waals surface area contributed by atoms with Crippen LogP contribution in [0, 0.1) is 0 Å². The van der Waals surface area contributed by atoms with Crippen LogP contribution in [0.25, 0.3) is 0 Å². The van der Waals surface area contributed by atoms with Crippen LogP contribution in [0.15, 0.2) is 36.5 Å². The minimum atomic E-state index is -0.789. The van der Waals surface area contributed by atoms with Crippen molar-refractivity contribution in [3.05, 3.63) is 36.5 Å². The van der Waals surface area contributed by atoms with E-state index in [9.17, 15) is 14.4 Å². The van der Waals surface area contributed by atoms with Gasteiger partial charge in [0, 0.05) is 37.6 Å². The fraction of sp³-hybridized carbons (Fsp3) is 0.312. The fourth-order valence-electron chi connectivity index (χ4n) is 2.57. The van der Waals surface area contributed by atoms with Gasteiger partial charge in [-0.05, 0) is 30.3 Å². The van der Waals surface area contributed by atoms with Gasteiger partial charge in [0.05, 0.1) is 6.54 Å². The summed E-state index contributed by atoms with van der Waals surface area (Å²) in [7, 11) is 1.50. The van der Waals surface area contributed by atoms with Crippen molar-refractivity contribution in [2.75, 3.05) is 29.9 Å². The number of nitrogens with zero attached hydrogens (tertiary/aromatic N) is 2. The quantitative estimate of drug-likeness (QED) is 0.902. The molecule has 0 bridgehead atoms. The maximum atomic E-state index is 11.9. The van der Waals surface area contributed by atoms with Crippen molar-refractivity contribution in [2.24, 2.45) is 0 Å². The Morgan fingerprint density at radius 1 is 1.22 bits per heavy atom. The van der Waals surface area contributed by atoms with Crippen molar-refractivity contribution in [1.82, 2.24) is 5.32 Å². The van der Waals surface area contributed by atoms with Crippen LogP contribution in [0.5, 0.6) is 0 Å². The van der Waals surface area contributed by atoms with Crippen LogP contribution in [0.4, 0.5) is 16.2 Å². The van der Waals surface area contributed by atoms with Crippen LogP contribution >= 0.6 is 0 Å². The van der Waals surface area contributed by atoms with Crippen molar-refractivity contribution in [3.63, 3.8) is 0 Å². The van der Waals surface area contributed by atoms with Gasteiger partial charge >= 0.3 is 6.09 Å². The number of carbonyl (C=O) groups excluding carboxylic acids is 3. The van der Waals surface area contributed by atoms with Gasteiger partial charge < -0.3 is 15.0 Å². The number of carbonyl (C=O) groups is 3. The van der Waals surface area contributed by atoms with Crippen LogP contribution in [0.3, 0.4) is 0 Å². The third kappa shape index (κ3) is 3.03. The maximum Gasteiger partial charge on any atom is 0.415 e. The van der Waals surface area contributed by atoms with Gasteiger partial charge in [0.2, 0.25) is 0 Å². The highest BCUT2D eigenvalue weighted by molar-refractivity contribution is 5.95. The number of allylic oxidation sites excluding steroid dienone is 1.